The summed E-state index contributed by atoms with van der Waals surface area (Å²) in [5.41, 5.74) is 2.98. The zero-order chi connectivity index (χ0) is 21.1. The van der Waals surface area contributed by atoms with E-state index in [2.05, 4.69) is 10.3 Å². The van der Waals surface area contributed by atoms with E-state index in [-0.39, 0.29) is 10.9 Å². The van der Waals surface area contributed by atoms with Crippen molar-refractivity contribution < 1.29 is 17.6 Å². The third-order valence-corrected chi connectivity index (χ3v) is 6.35. The summed E-state index contributed by atoms with van der Waals surface area (Å²) in [5, 5.41) is 2.89. The standard InChI is InChI=1S/C22H18N2O4S2/c1-30(26,27)19-13-12-18(28-19)21(25)24-22-23-17(14-15-8-4-2-5-9-15)20(29-22)16-10-6-3-7-11-16/h2-13H,14H2,1H3,(H,23,24,25). The molecule has 1 N–H and O–H groups in total. The fourth-order valence-electron chi connectivity index (χ4n) is 2.93. The second-order valence-corrected chi connectivity index (χ2v) is 9.61. The van der Waals surface area contributed by atoms with Crippen LogP contribution in [0.5, 0.6) is 0 Å². The summed E-state index contributed by atoms with van der Waals surface area (Å²) in [7, 11) is -3.52. The summed E-state index contributed by atoms with van der Waals surface area (Å²) in [5.74, 6) is -0.638. The number of sulfone groups is 1. The SMILES string of the molecule is CS(=O)(=O)c1ccc(C(=O)Nc2nc(Cc3ccccc3)c(-c3ccccc3)s2)o1. The number of carbonyl (C=O) groups excluding carboxylic acids is 1. The minimum Gasteiger partial charge on any atom is -0.440 e. The Morgan fingerprint density at radius 2 is 1.67 bits per heavy atom. The van der Waals surface area contributed by atoms with E-state index < -0.39 is 15.7 Å². The van der Waals surface area contributed by atoms with Crippen molar-refractivity contribution in [1.82, 2.24) is 4.98 Å². The molecule has 2 aromatic carbocycles. The van der Waals surface area contributed by atoms with E-state index in [4.69, 9.17) is 4.42 Å². The smallest absolute Gasteiger partial charge is 0.293 e. The normalized spacial score (nSPS) is 11.4. The van der Waals surface area contributed by atoms with Crippen LogP contribution in [0.4, 0.5) is 5.13 Å². The van der Waals surface area contributed by atoms with Crippen LogP contribution in [-0.2, 0) is 16.3 Å². The van der Waals surface area contributed by atoms with Crippen molar-refractivity contribution in [3.8, 4) is 10.4 Å². The van der Waals surface area contributed by atoms with Gasteiger partial charge in [0.05, 0.1) is 10.6 Å². The molecule has 0 aliphatic rings. The number of hydrogen-bond donors (Lipinski definition) is 1. The first-order valence-corrected chi connectivity index (χ1v) is 11.8. The maximum Gasteiger partial charge on any atom is 0.293 e. The molecule has 0 aliphatic carbocycles. The summed E-state index contributed by atoms with van der Waals surface area (Å²) < 4.78 is 28.3. The Morgan fingerprint density at radius 3 is 2.30 bits per heavy atom. The van der Waals surface area contributed by atoms with Crippen LogP contribution in [0.2, 0.25) is 0 Å². The van der Waals surface area contributed by atoms with E-state index in [0.29, 0.717) is 11.6 Å². The molecule has 6 nitrogen and oxygen atoms in total. The van der Waals surface area contributed by atoms with Gasteiger partial charge in [0.15, 0.2) is 10.9 Å². The van der Waals surface area contributed by atoms with Crippen LogP contribution in [0.15, 0.2) is 82.3 Å². The highest BCUT2D eigenvalue weighted by Gasteiger charge is 2.20. The number of anilines is 1. The van der Waals surface area contributed by atoms with E-state index in [1.54, 1.807) is 0 Å². The lowest BCUT2D eigenvalue weighted by Gasteiger charge is -2.02. The van der Waals surface area contributed by atoms with Gasteiger partial charge in [-0.3, -0.25) is 10.1 Å². The van der Waals surface area contributed by atoms with E-state index in [9.17, 15) is 13.2 Å². The highest BCUT2D eigenvalue weighted by molar-refractivity contribution is 7.90. The Hall–Kier alpha value is -3.23. The second-order valence-electron chi connectivity index (χ2n) is 6.67. The largest absolute Gasteiger partial charge is 0.440 e. The van der Waals surface area contributed by atoms with Crippen molar-refractivity contribution in [3.63, 3.8) is 0 Å². The zero-order valence-electron chi connectivity index (χ0n) is 16.0. The van der Waals surface area contributed by atoms with Crippen molar-refractivity contribution >= 4 is 32.2 Å². The number of benzene rings is 2. The molecule has 0 fully saturated rings. The van der Waals surface area contributed by atoms with E-state index in [1.807, 2.05) is 60.7 Å². The molecule has 30 heavy (non-hydrogen) atoms. The molecule has 0 unspecified atom stereocenters. The Kier molecular flexibility index (Phi) is 5.52. The molecule has 4 aromatic rings. The lowest BCUT2D eigenvalue weighted by molar-refractivity contribution is 0.0991. The number of nitrogens with one attached hydrogen (secondary N) is 1. The van der Waals surface area contributed by atoms with Crippen LogP contribution in [0.3, 0.4) is 0 Å². The van der Waals surface area contributed by atoms with Gasteiger partial charge >= 0.3 is 0 Å². The lowest BCUT2D eigenvalue weighted by Crippen LogP contribution is -2.10. The quantitative estimate of drug-likeness (QED) is 0.473. The van der Waals surface area contributed by atoms with Gasteiger partial charge in [-0.1, -0.05) is 72.0 Å². The van der Waals surface area contributed by atoms with Gasteiger partial charge in [0.2, 0.25) is 14.9 Å². The third kappa shape index (κ3) is 4.50. The Bertz CT molecular complexity index is 1280. The highest BCUT2D eigenvalue weighted by atomic mass is 32.2. The monoisotopic (exact) mass is 438 g/mol. The minimum atomic E-state index is -3.52. The predicted molar refractivity (Wildman–Crippen MR) is 117 cm³/mol. The van der Waals surface area contributed by atoms with Crippen LogP contribution >= 0.6 is 11.3 Å². The predicted octanol–water partition coefficient (Wildman–Crippen LogP) is 4.65. The molecule has 0 radical (unpaired) electrons. The topological polar surface area (TPSA) is 89.3 Å². The number of thiazole rings is 1. The van der Waals surface area contributed by atoms with E-state index in [0.717, 1.165) is 28.0 Å². The van der Waals surface area contributed by atoms with Gasteiger partial charge in [0, 0.05) is 12.7 Å². The van der Waals surface area contributed by atoms with Crippen molar-refractivity contribution in [1.29, 1.82) is 0 Å². The van der Waals surface area contributed by atoms with Crippen LogP contribution in [0.25, 0.3) is 10.4 Å². The van der Waals surface area contributed by atoms with Gasteiger partial charge < -0.3 is 4.42 Å². The molecule has 0 aliphatic heterocycles. The molecule has 0 saturated heterocycles. The fourth-order valence-corrected chi connectivity index (χ4v) is 4.47. The number of carbonyl (C=O) groups is 1. The van der Waals surface area contributed by atoms with Crippen LogP contribution in [0, 0.1) is 0 Å². The first-order chi connectivity index (χ1) is 14.4. The average molecular weight is 439 g/mol. The summed E-state index contributed by atoms with van der Waals surface area (Å²) in [4.78, 5) is 18.1. The molecule has 8 heteroatoms. The first kappa shape index (κ1) is 20.1. The number of rotatable bonds is 6. The molecule has 0 spiro atoms. The summed E-state index contributed by atoms with van der Waals surface area (Å²) in [6.45, 7) is 0. The van der Waals surface area contributed by atoms with Gasteiger partial charge in [-0.25, -0.2) is 13.4 Å². The molecule has 0 atom stereocenters. The molecule has 1 amide bonds. The van der Waals surface area contributed by atoms with Gasteiger partial charge in [-0.05, 0) is 23.3 Å². The summed E-state index contributed by atoms with van der Waals surface area (Å²) in [6, 6.07) is 22.4. The highest BCUT2D eigenvalue weighted by Crippen LogP contribution is 2.34. The molecule has 152 valence electrons. The van der Waals surface area contributed by atoms with Crippen molar-refractivity contribution in [2.45, 2.75) is 11.5 Å². The van der Waals surface area contributed by atoms with Gasteiger partial charge in [-0.2, -0.15) is 0 Å². The first-order valence-electron chi connectivity index (χ1n) is 9.10. The minimum absolute atomic E-state index is 0.0866. The molecule has 2 aromatic heterocycles. The van der Waals surface area contributed by atoms with Gasteiger partial charge in [0.1, 0.15) is 0 Å². The van der Waals surface area contributed by atoms with Crippen molar-refractivity contribution in [3.05, 3.63) is 89.8 Å². The zero-order valence-corrected chi connectivity index (χ0v) is 17.7. The molecule has 2 heterocycles. The molecule has 4 rings (SSSR count). The number of aromatic nitrogens is 1. The lowest BCUT2D eigenvalue weighted by atomic mass is 10.1. The van der Waals surface area contributed by atoms with Crippen molar-refractivity contribution in [2.75, 3.05) is 11.6 Å². The Labute approximate surface area is 178 Å². The van der Waals surface area contributed by atoms with Gasteiger partial charge in [0.25, 0.3) is 5.91 Å². The maximum absolute atomic E-state index is 12.5. The van der Waals surface area contributed by atoms with Crippen LogP contribution in [-0.4, -0.2) is 25.6 Å². The van der Waals surface area contributed by atoms with E-state index in [1.165, 1.54) is 23.5 Å². The van der Waals surface area contributed by atoms with E-state index >= 15 is 0 Å². The number of furan rings is 1. The Morgan fingerprint density at radius 1 is 1.00 bits per heavy atom. The average Bonchev–Trinajstić information content (AvgIpc) is 3.37. The number of amides is 1. The molecular weight excluding hydrogens is 420 g/mol. The summed E-state index contributed by atoms with van der Waals surface area (Å²) in [6.07, 6.45) is 1.65. The maximum atomic E-state index is 12.5. The fraction of sp³-hybridized carbons (Fsp3) is 0.0909. The Balaban J connectivity index is 1.63. The summed E-state index contributed by atoms with van der Waals surface area (Å²) >= 11 is 1.36. The molecule has 0 saturated carbocycles. The molecular formula is C22H18N2O4S2. The van der Waals surface area contributed by atoms with Crippen LogP contribution < -0.4 is 5.32 Å². The number of hydrogen-bond acceptors (Lipinski definition) is 6. The van der Waals surface area contributed by atoms with Crippen molar-refractivity contribution in [2.24, 2.45) is 0 Å². The van der Waals surface area contributed by atoms with Gasteiger partial charge in [-0.15, -0.1) is 0 Å². The third-order valence-electron chi connectivity index (χ3n) is 4.34. The number of nitrogens with zero attached hydrogens (tertiary/aromatic N) is 1. The van der Waals surface area contributed by atoms with Crippen LogP contribution in [0.1, 0.15) is 21.8 Å². The second kappa shape index (κ2) is 8.25. The molecule has 0 bridgehead atoms.